The van der Waals surface area contributed by atoms with Crippen molar-refractivity contribution in [3.05, 3.63) is 101 Å². The number of nitrogens with zero attached hydrogens (tertiary/aromatic N) is 3. The number of rotatable bonds is 6. The largest absolute Gasteiger partial charge is 0.416 e. The van der Waals surface area contributed by atoms with Crippen LogP contribution >= 0.6 is 0 Å². The van der Waals surface area contributed by atoms with Gasteiger partial charge in [-0.15, -0.1) is 0 Å². The average molecular weight is 508 g/mol. The van der Waals surface area contributed by atoms with Gasteiger partial charge >= 0.3 is 6.18 Å². The lowest BCUT2D eigenvalue weighted by molar-refractivity contribution is -0.137. The van der Waals surface area contributed by atoms with E-state index in [2.05, 4.69) is 4.98 Å². The van der Waals surface area contributed by atoms with Crippen LogP contribution in [0.25, 0.3) is 11.0 Å². The van der Waals surface area contributed by atoms with Gasteiger partial charge in [0.25, 0.3) is 0 Å². The standard InChI is InChI=1S/C29H28F3N3O2/c1-37-19-26-33-24-18-22(29(30,31)32)12-13-25(24)35(26)23-14-16-34(17-15-23)28(36)27(20-8-4-2-5-9-20)21-10-6-3-7-11-21/h2-13,18,23,27H,14-17,19H2,1H3. The van der Waals surface area contributed by atoms with Gasteiger partial charge in [-0.25, -0.2) is 4.98 Å². The van der Waals surface area contributed by atoms with Gasteiger partial charge in [0.1, 0.15) is 12.4 Å². The molecular weight excluding hydrogens is 479 g/mol. The Morgan fingerprint density at radius 2 is 1.57 bits per heavy atom. The fourth-order valence-electron chi connectivity index (χ4n) is 5.26. The van der Waals surface area contributed by atoms with E-state index in [1.807, 2.05) is 70.1 Å². The van der Waals surface area contributed by atoms with E-state index in [1.165, 1.54) is 6.07 Å². The Bertz CT molecular complexity index is 1320. The number of imidazole rings is 1. The van der Waals surface area contributed by atoms with Crippen molar-refractivity contribution in [1.29, 1.82) is 0 Å². The van der Waals surface area contributed by atoms with Crippen LogP contribution in [0, 0.1) is 0 Å². The maximum atomic E-state index is 13.8. The highest BCUT2D eigenvalue weighted by molar-refractivity contribution is 5.87. The monoisotopic (exact) mass is 507 g/mol. The number of fused-ring (bicyclic) bond motifs is 1. The molecule has 4 aromatic rings. The number of aromatic nitrogens is 2. The summed E-state index contributed by atoms with van der Waals surface area (Å²) in [5.41, 5.74) is 2.13. The topological polar surface area (TPSA) is 47.4 Å². The summed E-state index contributed by atoms with van der Waals surface area (Å²) in [6, 6.07) is 23.2. The van der Waals surface area contributed by atoms with Crippen molar-refractivity contribution in [2.24, 2.45) is 0 Å². The predicted octanol–water partition coefficient (Wildman–Crippen LogP) is 6.20. The SMILES string of the molecule is COCc1nc2cc(C(F)(F)F)ccc2n1C1CCN(C(=O)C(c2ccccc2)c2ccccc2)CC1. The van der Waals surface area contributed by atoms with E-state index in [1.54, 1.807) is 7.11 Å². The first-order valence-electron chi connectivity index (χ1n) is 12.3. The number of ether oxygens (including phenoxy) is 1. The molecule has 37 heavy (non-hydrogen) atoms. The first-order chi connectivity index (χ1) is 17.9. The molecule has 1 aliphatic rings. The quantitative estimate of drug-likeness (QED) is 0.312. The van der Waals surface area contributed by atoms with Crippen LogP contribution in [0.4, 0.5) is 13.2 Å². The molecule has 0 spiro atoms. The normalized spacial score (nSPS) is 15.0. The molecule has 1 aromatic heterocycles. The van der Waals surface area contributed by atoms with Gasteiger partial charge in [0.05, 0.1) is 22.5 Å². The maximum Gasteiger partial charge on any atom is 0.416 e. The lowest BCUT2D eigenvalue weighted by Gasteiger charge is -2.35. The molecule has 0 bridgehead atoms. The first-order valence-corrected chi connectivity index (χ1v) is 12.3. The minimum atomic E-state index is -4.43. The van der Waals surface area contributed by atoms with Crippen LogP contribution in [0.3, 0.4) is 0 Å². The van der Waals surface area contributed by atoms with Gasteiger partial charge in [0.15, 0.2) is 0 Å². The lowest BCUT2D eigenvalue weighted by Crippen LogP contribution is -2.42. The molecule has 0 atom stereocenters. The summed E-state index contributed by atoms with van der Waals surface area (Å²) >= 11 is 0. The third-order valence-corrected chi connectivity index (χ3v) is 7.02. The molecule has 192 valence electrons. The van der Waals surface area contributed by atoms with Crippen LogP contribution in [0.15, 0.2) is 78.9 Å². The Morgan fingerprint density at radius 3 is 2.11 bits per heavy atom. The smallest absolute Gasteiger partial charge is 0.377 e. The van der Waals surface area contributed by atoms with Gasteiger partial charge in [-0.3, -0.25) is 4.79 Å². The minimum absolute atomic E-state index is 0.00263. The number of likely N-dealkylation sites (tertiary alicyclic amines) is 1. The van der Waals surface area contributed by atoms with Crippen LogP contribution < -0.4 is 0 Å². The molecular formula is C29H28F3N3O2. The van der Waals surface area contributed by atoms with Gasteiger partial charge in [-0.05, 0) is 42.2 Å². The third kappa shape index (κ3) is 5.11. The summed E-state index contributed by atoms with van der Waals surface area (Å²) in [6.07, 6.45) is -3.09. The molecule has 3 aromatic carbocycles. The molecule has 0 radical (unpaired) electrons. The second kappa shape index (κ2) is 10.4. The molecule has 1 fully saturated rings. The molecule has 1 aliphatic heterocycles. The van der Waals surface area contributed by atoms with Crippen LogP contribution in [0.5, 0.6) is 0 Å². The van der Waals surface area contributed by atoms with Crippen molar-refractivity contribution in [3.8, 4) is 0 Å². The Hall–Kier alpha value is -3.65. The number of hydrogen-bond acceptors (Lipinski definition) is 3. The zero-order chi connectivity index (χ0) is 26.0. The number of carbonyl (C=O) groups is 1. The molecule has 2 heterocycles. The number of benzene rings is 3. The van der Waals surface area contributed by atoms with Gasteiger partial charge in [0, 0.05) is 26.2 Å². The molecule has 5 rings (SSSR count). The van der Waals surface area contributed by atoms with Crippen molar-refractivity contribution in [2.75, 3.05) is 20.2 Å². The lowest BCUT2D eigenvalue weighted by atomic mass is 9.89. The second-order valence-electron chi connectivity index (χ2n) is 9.34. The third-order valence-electron chi connectivity index (χ3n) is 7.02. The number of piperidine rings is 1. The summed E-state index contributed by atoms with van der Waals surface area (Å²) in [5.74, 6) is 0.254. The maximum absolute atomic E-state index is 13.8. The number of carbonyl (C=O) groups excluding carboxylic acids is 1. The Kier molecular flexibility index (Phi) is 7.02. The number of halogens is 3. The average Bonchev–Trinajstić information content (AvgIpc) is 3.27. The van der Waals surface area contributed by atoms with Crippen molar-refractivity contribution in [2.45, 2.75) is 37.6 Å². The minimum Gasteiger partial charge on any atom is -0.377 e. The van der Waals surface area contributed by atoms with E-state index in [-0.39, 0.29) is 18.6 Å². The van der Waals surface area contributed by atoms with Crippen molar-refractivity contribution in [1.82, 2.24) is 14.5 Å². The Labute approximate surface area is 213 Å². The van der Waals surface area contributed by atoms with E-state index in [0.717, 1.165) is 23.3 Å². The highest BCUT2D eigenvalue weighted by atomic mass is 19.4. The van der Waals surface area contributed by atoms with E-state index in [0.29, 0.717) is 42.8 Å². The first kappa shape index (κ1) is 25.0. The Morgan fingerprint density at radius 1 is 0.973 bits per heavy atom. The van der Waals surface area contributed by atoms with Crippen LogP contribution in [0.1, 0.15) is 47.3 Å². The predicted molar refractivity (Wildman–Crippen MR) is 135 cm³/mol. The van der Waals surface area contributed by atoms with Crippen molar-refractivity contribution < 1.29 is 22.7 Å². The number of methoxy groups -OCH3 is 1. The Balaban J connectivity index is 1.39. The fraction of sp³-hybridized carbons (Fsp3) is 0.310. The summed E-state index contributed by atoms with van der Waals surface area (Å²) in [5, 5.41) is 0. The van der Waals surface area contributed by atoms with E-state index >= 15 is 0 Å². The van der Waals surface area contributed by atoms with Crippen molar-refractivity contribution in [3.63, 3.8) is 0 Å². The van der Waals surface area contributed by atoms with Gasteiger partial charge < -0.3 is 14.2 Å². The molecule has 0 unspecified atom stereocenters. The zero-order valence-corrected chi connectivity index (χ0v) is 20.5. The number of amides is 1. The number of alkyl halides is 3. The molecule has 0 N–H and O–H groups in total. The van der Waals surface area contributed by atoms with Gasteiger partial charge in [-0.1, -0.05) is 60.7 Å². The molecule has 0 aliphatic carbocycles. The second-order valence-corrected chi connectivity index (χ2v) is 9.34. The fourth-order valence-corrected chi connectivity index (χ4v) is 5.26. The van der Waals surface area contributed by atoms with Crippen molar-refractivity contribution >= 4 is 16.9 Å². The number of hydrogen-bond donors (Lipinski definition) is 0. The molecule has 8 heteroatoms. The van der Waals surface area contributed by atoms with Crippen LogP contribution in [-0.4, -0.2) is 40.6 Å². The summed E-state index contributed by atoms with van der Waals surface area (Å²) in [7, 11) is 1.54. The van der Waals surface area contributed by atoms with Crippen LogP contribution in [-0.2, 0) is 22.3 Å². The molecule has 1 saturated heterocycles. The van der Waals surface area contributed by atoms with Crippen LogP contribution in [0.2, 0.25) is 0 Å². The highest BCUT2D eigenvalue weighted by Crippen LogP contribution is 2.35. The molecule has 5 nitrogen and oxygen atoms in total. The van der Waals surface area contributed by atoms with E-state index in [4.69, 9.17) is 4.74 Å². The van der Waals surface area contributed by atoms with Gasteiger partial charge in [0.2, 0.25) is 5.91 Å². The summed E-state index contributed by atoms with van der Waals surface area (Å²) < 4.78 is 47.1. The summed E-state index contributed by atoms with van der Waals surface area (Å²) in [4.78, 5) is 20.2. The zero-order valence-electron chi connectivity index (χ0n) is 20.5. The van der Waals surface area contributed by atoms with E-state index in [9.17, 15) is 18.0 Å². The van der Waals surface area contributed by atoms with Gasteiger partial charge in [-0.2, -0.15) is 13.2 Å². The van der Waals surface area contributed by atoms with E-state index < -0.39 is 17.7 Å². The molecule has 0 saturated carbocycles. The summed E-state index contributed by atoms with van der Waals surface area (Å²) in [6.45, 7) is 1.29. The highest BCUT2D eigenvalue weighted by Gasteiger charge is 2.34. The molecule has 1 amide bonds.